The summed E-state index contributed by atoms with van der Waals surface area (Å²) in [5.41, 5.74) is 2.37. The van der Waals surface area contributed by atoms with Crippen LogP contribution in [0.5, 0.6) is 11.5 Å². The van der Waals surface area contributed by atoms with Crippen molar-refractivity contribution in [1.29, 1.82) is 5.26 Å². The van der Waals surface area contributed by atoms with Crippen molar-refractivity contribution in [2.75, 3.05) is 12.1 Å². The van der Waals surface area contributed by atoms with E-state index in [2.05, 4.69) is 16.4 Å². The first-order valence-electron chi connectivity index (χ1n) is 8.11. The fourth-order valence-electron chi connectivity index (χ4n) is 2.59. The number of aromatic nitrogens is 1. The second-order valence-electron chi connectivity index (χ2n) is 5.73. The Labute approximate surface area is 163 Å². The first kappa shape index (κ1) is 17.5. The van der Waals surface area contributed by atoms with Crippen molar-refractivity contribution in [3.63, 3.8) is 0 Å². The molecular formula is C19H12N4O4S. The minimum atomic E-state index is -0.474. The molecule has 0 aliphatic carbocycles. The third kappa shape index (κ3) is 3.49. The maximum absolute atomic E-state index is 10.9. The van der Waals surface area contributed by atoms with Gasteiger partial charge in [0.05, 0.1) is 10.6 Å². The largest absolute Gasteiger partial charge is 0.454 e. The third-order valence-electron chi connectivity index (χ3n) is 3.96. The zero-order valence-corrected chi connectivity index (χ0v) is 15.1. The van der Waals surface area contributed by atoms with E-state index in [4.69, 9.17) is 9.47 Å². The molecule has 0 spiro atoms. The van der Waals surface area contributed by atoms with Gasteiger partial charge in [-0.2, -0.15) is 5.26 Å². The number of benzene rings is 2. The Morgan fingerprint density at radius 1 is 1.29 bits per heavy atom. The van der Waals surface area contributed by atoms with E-state index in [1.165, 1.54) is 29.7 Å². The molecule has 0 unspecified atom stereocenters. The number of thiazole rings is 1. The van der Waals surface area contributed by atoms with Gasteiger partial charge in [-0.05, 0) is 24.3 Å². The maximum Gasteiger partial charge on any atom is 0.271 e. The second-order valence-corrected chi connectivity index (χ2v) is 6.59. The molecule has 1 aliphatic heterocycles. The Balaban J connectivity index is 1.56. The Morgan fingerprint density at radius 3 is 2.96 bits per heavy atom. The highest BCUT2D eigenvalue weighted by atomic mass is 32.1. The summed E-state index contributed by atoms with van der Waals surface area (Å²) >= 11 is 1.33. The van der Waals surface area contributed by atoms with Gasteiger partial charge in [0.25, 0.3) is 5.69 Å². The zero-order chi connectivity index (χ0) is 19.5. The summed E-state index contributed by atoms with van der Waals surface area (Å²) in [6.07, 6.45) is 1.49. The SMILES string of the molecule is N#CC(=CNc1cccc([N+](=O)[O-])c1)c1nc(-c2ccc3c(c2)OCO3)cs1. The molecule has 8 nitrogen and oxygen atoms in total. The molecule has 0 fully saturated rings. The van der Waals surface area contributed by atoms with Crippen LogP contribution in [0.1, 0.15) is 5.01 Å². The van der Waals surface area contributed by atoms with E-state index in [9.17, 15) is 15.4 Å². The molecule has 1 N–H and O–H groups in total. The molecule has 0 saturated heterocycles. The van der Waals surface area contributed by atoms with Gasteiger partial charge in [-0.15, -0.1) is 11.3 Å². The zero-order valence-electron chi connectivity index (χ0n) is 14.3. The number of nitro benzene ring substituents is 1. The molecule has 0 atom stereocenters. The highest BCUT2D eigenvalue weighted by Crippen LogP contribution is 2.36. The lowest BCUT2D eigenvalue weighted by Crippen LogP contribution is -1.93. The van der Waals surface area contributed by atoms with Crippen LogP contribution in [0.3, 0.4) is 0 Å². The first-order chi connectivity index (χ1) is 13.6. The topological polar surface area (TPSA) is 110 Å². The van der Waals surface area contributed by atoms with Crippen LogP contribution in [0.15, 0.2) is 54.0 Å². The standard InChI is InChI=1S/C19H12N4O4S/c20-8-13(9-21-14-2-1-3-15(7-14)23(24)25)19-22-16(10-28-19)12-4-5-17-18(6-12)27-11-26-17/h1-7,9-10,21H,11H2. The van der Waals surface area contributed by atoms with Gasteiger partial charge in [0, 0.05) is 35.0 Å². The summed E-state index contributed by atoms with van der Waals surface area (Å²) in [6, 6.07) is 13.7. The number of nitrogens with one attached hydrogen (secondary N) is 1. The summed E-state index contributed by atoms with van der Waals surface area (Å²) in [5.74, 6) is 1.36. The molecule has 0 saturated carbocycles. The maximum atomic E-state index is 10.9. The van der Waals surface area contributed by atoms with Crippen LogP contribution in [-0.2, 0) is 0 Å². The summed E-state index contributed by atoms with van der Waals surface area (Å²) in [4.78, 5) is 14.9. The van der Waals surface area contributed by atoms with Crippen molar-refractivity contribution >= 4 is 28.3 Å². The second kappa shape index (κ2) is 7.38. The van der Waals surface area contributed by atoms with Crippen LogP contribution in [-0.4, -0.2) is 16.7 Å². The predicted octanol–water partition coefficient (Wildman–Crippen LogP) is 4.42. The number of nitro groups is 1. The van der Waals surface area contributed by atoms with Crippen LogP contribution in [0, 0.1) is 21.4 Å². The molecule has 138 valence electrons. The fourth-order valence-corrected chi connectivity index (χ4v) is 3.39. The van der Waals surface area contributed by atoms with Crippen molar-refractivity contribution in [2.45, 2.75) is 0 Å². The van der Waals surface area contributed by atoms with Crippen molar-refractivity contribution in [3.8, 4) is 28.8 Å². The van der Waals surface area contributed by atoms with Gasteiger partial charge in [-0.3, -0.25) is 10.1 Å². The number of anilines is 1. The van der Waals surface area contributed by atoms with E-state index in [1.54, 1.807) is 12.1 Å². The molecule has 0 amide bonds. The van der Waals surface area contributed by atoms with Gasteiger partial charge in [0.15, 0.2) is 11.5 Å². The van der Waals surface area contributed by atoms with Crippen molar-refractivity contribution in [3.05, 3.63) is 69.2 Å². The molecule has 2 heterocycles. The van der Waals surface area contributed by atoms with Crippen molar-refractivity contribution < 1.29 is 14.4 Å². The Morgan fingerprint density at radius 2 is 2.14 bits per heavy atom. The number of rotatable bonds is 5. The van der Waals surface area contributed by atoms with E-state index >= 15 is 0 Å². The van der Waals surface area contributed by atoms with Crippen LogP contribution >= 0.6 is 11.3 Å². The number of ether oxygens (including phenoxy) is 2. The quantitative estimate of drug-likeness (QED) is 0.389. The van der Waals surface area contributed by atoms with Crippen LogP contribution in [0.2, 0.25) is 0 Å². The number of nitriles is 1. The molecule has 1 aromatic heterocycles. The Hall–Kier alpha value is -3.90. The average Bonchev–Trinajstić information content (AvgIpc) is 3.38. The van der Waals surface area contributed by atoms with Crippen LogP contribution in [0.25, 0.3) is 16.8 Å². The van der Waals surface area contributed by atoms with Gasteiger partial charge < -0.3 is 14.8 Å². The smallest absolute Gasteiger partial charge is 0.271 e. The van der Waals surface area contributed by atoms with Gasteiger partial charge in [-0.1, -0.05) is 6.07 Å². The monoisotopic (exact) mass is 392 g/mol. The third-order valence-corrected chi connectivity index (χ3v) is 4.84. The number of fused-ring (bicyclic) bond motifs is 1. The first-order valence-corrected chi connectivity index (χ1v) is 8.99. The fraction of sp³-hybridized carbons (Fsp3) is 0.0526. The Kier molecular flexibility index (Phi) is 4.62. The predicted molar refractivity (Wildman–Crippen MR) is 104 cm³/mol. The van der Waals surface area contributed by atoms with Gasteiger partial charge in [-0.25, -0.2) is 4.98 Å². The molecule has 3 aromatic rings. The number of allylic oxidation sites excluding steroid dienone is 1. The molecule has 28 heavy (non-hydrogen) atoms. The van der Waals surface area contributed by atoms with E-state index in [0.29, 0.717) is 27.8 Å². The molecule has 0 bridgehead atoms. The van der Waals surface area contributed by atoms with Gasteiger partial charge in [0.1, 0.15) is 16.6 Å². The number of hydrogen-bond donors (Lipinski definition) is 1. The molecule has 9 heteroatoms. The lowest BCUT2D eigenvalue weighted by molar-refractivity contribution is -0.384. The average molecular weight is 392 g/mol. The molecule has 4 rings (SSSR count). The molecule has 0 radical (unpaired) electrons. The minimum absolute atomic E-state index is 0.0312. The van der Waals surface area contributed by atoms with E-state index in [1.807, 2.05) is 23.6 Å². The summed E-state index contributed by atoms with van der Waals surface area (Å²) in [5, 5.41) is 25.6. The minimum Gasteiger partial charge on any atom is -0.454 e. The number of hydrogen-bond acceptors (Lipinski definition) is 8. The summed E-state index contributed by atoms with van der Waals surface area (Å²) in [7, 11) is 0. The number of nitrogens with zero attached hydrogens (tertiary/aromatic N) is 3. The molecule has 2 aromatic carbocycles. The van der Waals surface area contributed by atoms with Crippen molar-refractivity contribution in [2.24, 2.45) is 0 Å². The molecular weight excluding hydrogens is 380 g/mol. The lowest BCUT2D eigenvalue weighted by Gasteiger charge is -2.01. The van der Waals surface area contributed by atoms with Crippen LogP contribution in [0.4, 0.5) is 11.4 Å². The normalized spacial score (nSPS) is 12.5. The molecule has 1 aliphatic rings. The van der Waals surface area contributed by atoms with E-state index in [0.717, 1.165) is 11.3 Å². The highest BCUT2D eigenvalue weighted by Gasteiger charge is 2.16. The van der Waals surface area contributed by atoms with Gasteiger partial charge in [0.2, 0.25) is 6.79 Å². The summed E-state index contributed by atoms with van der Waals surface area (Å²) < 4.78 is 10.7. The van der Waals surface area contributed by atoms with E-state index in [-0.39, 0.29) is 12.5 Å². The lowest BCUT2D eigenvalue weighted by atomic mass is 10.1. The Bertz CT molecular complexity index is 1130. The summed E-state index contributed by atoms with van der Waals surface area (Å²) in [6.45, 7) is 0.200. The van der Waals surface area contributed by atoms with E-state index < -0.39 is 4.92 Å². The van der Waals surface area contributed by atoms with Gasteiger partial charge >= 0.3 is 0 Å². The van der Waals surface area contributed by atoms with Crippen molar-refractivity contribution in [1.82, 2.24) is 4.98 Å². The number of non-ortho nitro benzene ring substituents is 1. The highest BCUT2D eigenvalue weighted by molar-refractivity contribution is 7.11. The van der Waals surface area contributed by atoms with Crippen LogP contribution < -0.4 is 14.8 Å².